The Kier molecular flexibility index (Phi) is 1.86. The Morgan fingerprint density at radius 1 is 1.08 bits per heavy atom. The van der Waals surface area contributed by atoms with Crippen molar-refractivity contribution < 1.29 is 0 Å². The second-order valence-corrected chi connectivity index (χ2v) is 3.70. The van der Waals surface area contributed by atoms with Crippen molar-refractivity contribution in [1.29, 1.82) is 0 Å². The van der Waals surface area contributed by atoms with Gasteiger partial charge in [0.1, 0.15) is 0 Å². The van der Waals surface area contributed by atoms with E-state index in [1.807, 2.05) is 0 Å². The molecule has 0 bridgehead atoms. The summed E-state index contributed by atoms with van der Waals surface area (Å²) in [6.07, 6.45) is 0. The van der Waals surface area contributed by atoms with E-state index in [9.17, 15) is 0 Å². The minimum Gasteiger partial charge on any atom is -0.128 e. The zero-order valence-electron chi connectivity index (χ0n) is 8.17. The van der Waals surface area contributed by atoms with Crippen LogP contribution in [0.3, 0.4) is 0 Å². The Labute approximate surface area is 79.6 Å². The second-order valence-electron chi connectivity index (χ2n) is 3.70. The highest BCUT2D eigenvalue weighted by Gasteiger charge is 2.28. The van der Waals surface area contributed by atoms with Crippen LogP contribution in [0.4, 0.5) is 0 Å². The van der Waals surface area contributed by atoms with E-state index >= 15 is 0 Å². The third-order valence-corrected chi connectivity index (χ3v) is 3.07. The first kappa shape index (κ1) is 8.34. The van der Waals surface area contributed by atoms with Crippen molar-refractivity contribution in [2.75, 3.05) is 0 Å². The first-order valence-electron chi connectivity index (χ1n) is 4.74. The van der Waals surface area contributed by atoms with Crippen LogP contribution in [0, 0.1) is 0 Å². The van der Waals surface area contributed by atoms with E-state index in [1.165, 1.54) is 16.7 Å². The molecule has 0 aliphatic heterocycles. The molecule has 1 aromatic rings. The van der Waals surface area contributed by atoms with E-state index in [1.54, 1.807) is 0 Å². The average molecular weight is 170 g/mol. The number of fused-ring (bicyclic) bond motifs is 1. The second kappa shape index (κ2) is 2.90. The van der Waals surface area contributed by atoms with Crippen LogP contribution in [0.2, 0.25) is 0 Å². The molecule has 1 aromatic carbocycles. The maximum absolute atomic E-state index is 3.76. The lowest BCUT2D eigenvalue weighted by atomic mass is 9.98. The van der Waals surface area contributed by atoms with Gasteiger partial charge in [-0.1, -0.05) is 44.7 Å². The van der Waals surface area contributed by atoms with Gasteiger partial charge in [-0.3, -0.25) is 0 Å². The summed E-state index contributed by atoms with van der Waals surface area (Å²) < 4.78 is 0. The Morgan fingerprint density at radius 3 is 1.92 bits per heavy atom. The Bertz CT molecular complexity index is 350. The molecule has 13 heavy (non-hydrogen) atoms. The average Bonchev–Trinajstić information content (AvgIpc) is 2.41. The van der Waals surface area contributed by atoms with Gasteiger partial charge in [-0.25, -0.2) is 0 Å². The molecule has 0 amide bonds. The quantitative estimate of drug-likeness (QED) is 0.522. The highest BCUT2D eigenvalue weighted by Crippen LogP contribution is 2.44. The van der Waals surface area contributed by atoms with Crippen molar-refractivity contribution >= 4 is 0 Å². The topological polar surface area (TPSA) is 0 Å². The van der Waals surface area contributed by atoms with Gasteiger partial charge in [0, 0.05) is 11.8 Å². The lowest BCUT2D eigenvalue weighted by molar-refractivity contribution is 0.851. The molecule has 66 valence electrons. The molecule has 2 rings (SSSR count). The summed E-state index contributed by atoms with van der Waals surface area (Å²) in [5.74, 6) is 1.01. The van der Waals surface area contributed by atoms with Crippen molar-refractivity contribution in [2.45, 2.75) is 25.7 Å². The molecule has 1 aliphatic rings. The fourth-order valence-electron chi connectivity index (χ4n) is 2.32. The summed E-state index contributed by atoms with van der Waals surface area (Å²) in [5.41, 5.74) is 7.30. The largest absolute Gasteiger partial charge is 0.128 e. The van der Waals surface area contributed by atoms with Gasteiger partial charge in [-0.2, -0.15) is 0 Å². The maximum atomic E-state index is 3.76. The summed E-state index contributed by atoms with van der Waals surface area (Å²) in [7, 11) is 0. The highest BCUT2D eigenvalue weighted by molar-refractivity contribution is 5.48. The monoisotopic (exact) mass is 170 g/mol. The number of benzene rings is 1. The van der Waals surface area contributed by atoms with Gasteiger partial charge in [-0.15, -0.1) is 5.73 Å². The zero-order valence-corrected chi connectivity index (χ0v) is 8.17. The molecule has 0 saturated heterocycles. The Morgan fingerprint density at radius 2 is 1.54 bits per heavy atom. The van der Waals surface area contributed by atoms with Crippen molar-refractivity contribution in [2.24, 2.45) is 0 Å². The van der Waals surface area contributed by atoms with Crippen LogP contribution in [0.1, 0.15) is 36.8 Å². The third-order valence-electron chi connectivity index (χ3n) is 3.07. The van der Waals surface area contributed by atoms with Crippen molar-refractivity contribution in [3.63, 3.8) is 0 Å². The van der Waals surface area contributed by atoms with Gasteiger partial charge in [0.25, 0.3) is 0 Å². The number of hydrogen-bond acceptors (Lipinski definition) is 0. The van der Waals surface area contributed by atoms with Crippen LogP contribution >= 0.6 is 0 Å². The summed E-state index contributed by atoms with van der Waals surface area (Å²) in [5, 5.41) is 0. The number of allylic oxidation sites excluding steroid dienone is 1. The molecule has 2 atom stereocenters. The Hall–Kier alpha value is -1.26. The van der Waals surface area contributed by atoms with Gasteiger partial charge in [0.2, 0.25) is 0 Å². The van der Waals surface area contributed by atoms with Gasteiger partial charge >= 0.3 is 0 Å². The predicted octanol–water partition coefficient (Wildman–Crippen LogP) is 3.62. The summed E-state index contributed by atoms with van der Waals surface area (Å²) >= 11 is 0. The molecule has 0 aromatic heterocycles. The molecule has 0 nitrogen and oxygen atoms in total. The summed E-state index contributed by atoms with van der Waals surface area (Å²) in [4.78, 5) is 0. The number of hydrogen-bond donors (Lipinski definition) is 0. The molecule has 1 unspecified atom stereocenters. The third kappa shape index (κ3) is 1.07. The van der Waals surface area contributed by atoms with Gasteiger partial charge < -0.3 is 0 Å². The van der Waals surface area contributed by atoms with Crippen LogP contribution in [0.25, 0.3) is 0 Å². The minimum atomic E-state index is 0.503. The zero-order chi connectivity index (χ0) is 9.42. The molecule has 0 spiro atoms. The fourth-order valence-corrected chi connectivity index (χ4v) is 2.32. The van der Waals surface area contributed by atoms with E-state index in [0.29, 0.717) is 11.8 Å². The van der Waals surface area contributed by atoms with Gasteiger partial charge in [0.05, 0.1) is 0 Å². The molecule has 0 N–H and O–H groups in total. The molecule has 0 radical (unpaired) electrons. The highest BCUT2D eigenvalue weighted by atomic mass is 14.3. The molecule has 0 fully saturated rings. The summed E-state index contributed by atoms with van der Waals surface area (Å²) in [6.45, 7) is 8.23. The molecular formula is C13H14. The van der Waals surface area contributed by atoms with Crippen molar-refractivity contribution in [1.82, 2.24) is 0 Å². The Balaban J connectivity index is 2.63. The standard InChI is InChI=1S/C13H14/c1-4-11-9(2)12-7-5-6-8-13(12)10(11)3/h5-10H,1H2,2-3H3/t9-,10?/m0/s1. The van der Waals surface area contributed by atoms with E-state index in [4.69, 9.17) is 0 Å². The number of rotatable bonds is 0. The van der Waals surface area contributed by atoms with E-state index in [-0.39, 0.29) is 0 Å². The van der Waals surface area contributed by atoms with E-state index in [2.05, 4.69) is 50.4 Å². The predicted molar refractivity (Wildman–Crippen MR) is 55.9 cm³/mol. The normalized spacial score (nSPS) is 25.5. The fraction of sp³-hybridized carbons (Fsp3) is 0.308. The molecule has 0 saturated carbocycles. The van der Waals surface area contributed by atoms with Crippen LogP contribution in [0.15, 0.2) is 42.1 Å². The van der Waals surface area contributed by atoms with Gasteiger partial charge in [-0.05, 0) is 16.7 Å². The summed E-state index contributed by atoms with van der Waals surface area (Å²) in [6, 6.07) is 8.63. The SMILES string of the molecule is C=C=C1C(C)c2ccccc2[C@H]1C. The molecule has 0 heterocycles. The van der Waals surface area contributed by atoms with E-state index in [0.717, 1.165) is 0 Å². The van der Waals surface area contributed by atoms with Gasteiger partial charge in [0.15, 0.2) is 0 Å². The molecule has 1 aliphatic carbocycles. The van der Waals surface area contributed by atoms with Crippen LogP contribution in [-0.2, 0) is 0 Å². The van der Waals surface area contributed by atoms with E-state index < -0.39 is 0 Å². The first-order valence-corrected chi connectivity index (χ1v) is 4.74. The maximum Gasteiger partial charge on any atom is 0.0105 e. The first-order chi connectivity index (χ1) is 6.25. The van der Waals surface area contributed by atoms with Crippen LogP contribution in [-0.4, -0.2) is 0 Å². The molecule has 0 heteroatoms. The van der Waals surface area contributed by atoms with Crippen LogP contribution < -0.4 is 0 Å². The van der Waals surface area contributed by atoms with Crippen LogP contribution in [0.5, 0.6) is 0 Å². The smallest absolute Gasteiger partial charge is 0.0105 e. The van der Waals surface area contributed by atoms with Crippen molar-refractivity contribution in [3.05, 3.63) is 53.3 Å². The molecular weight excluding hydrogens is 156 g/mol. The lowest BCUT2D eigenvalue weighted by Crippen LogP contribution is -1.90. The minimum absolute atomic E-state index is 0.503. The van der Waals surface area contributed by atoms with Crippen molar-refractivity contribution in [3.8, 4) is 0 Å². The lowest BCUT2D eigenvalue weighted by Gasteiger charge is -2.05.